The summed E-state index contributed by atoms with van der Waals surface area (Å²) in [5.74, 6) is -1.08. The van der Waals surface area contributed by atoms with Crippen LogP contribution >= 0.6 is 0 Å². The molecule has 0 aromatic carbocycles. The molecule has 30 heavy (non-hydrogen) atoms. The number of alkyl halides is 3. The van der Waals surface area contributed by atoms with E-state index in [-0.39, 0.29) is 25.2 Å². The first-order valence-corrected chi connectivity index (χ1v) is 10.1. The average Bonchev–Trinajstić information content (AvgIpc) is 2.98. The Morgan fingerprint density at radius 2 is 2.10 bits per heavy atom. The lowest BCUT2D eigenvalue weighted by atomic mass is 9.95. The van der Waals surface area contributed by atoms with Gasteiger partial charge in [0, 0.05) is 37.0 Å². The molecule has 0 spiro atoms. The van der Waals surface area contributed by atoms with Gasteiger partial charge in [0.2, 0.25) is 0 Å². The van der Waals surface area contributed by atoms with Crippen molar-refractivity contribution in [2.75, 3.05) is 31.2 Å². The van der Waals surface area contributed by atoms with Crippen molar-refractivity contribution in [2.24, 2.45) is 5.92 Å². The van der Waals surface area contributed by atoms with Crippen LogP contribution in [0.2, 0.25) is 0 Å². The summed E-state index contributed by atoms with van der Waals surface area (Å²) in [6.07, 6.45) is -0.972. The van der Waals surface area contributed by atoms with E-state index in [1.165, 1.54) is 6.20 Å². The zero-order valence-electron chi connectivity index (χ0n) is 16.5. The van der Waals surface area contributed by atoms with E-state index in [1.807, 2.05) is 0 Å². The number of nitrogens with zero attached hydrogens (tertiary/aromatic N) is 4. The number of carbonyl (C=O) groups is 1. The lowest BCUT2D eigenvalue weighted by Gasteiger charge is -2.35. The van der Waals surface area contributed by atoms with Gasteiger partial charge in [0.15, 0.2) is 5.78 Å². The van der Waals surface area contributed by atoms with Crippen molar-refractivity contribution < 1.29 is 22.7 Å². The van der Waals surface area contributed by atoms with Gasteiger partial charge in [-0.2, -0.15) is 23.4 Å². The number of hydrogen-bond donors (Lipinski definition) is 0. The minimum atomic E-state index is -4.23. The summed E-state index contributed by atoms with van der Waals surface area (Å²) >= 11 is 0. The number of ether oxygens (including phenoxy) is 1. The highest BCUT2D eigenvalue weighted by molar-refractivity contribution is 5.99. The lowest BCUT2D eigenvalue weighted by molar-refractivity contribution is -0.176. The summed E-state index contributed by atoms with van der Waals surface area (Å²) in [7, 11) is 0. The molecule has 0 bridgehead atoms. The summed E-state index contributed by atoms with van der Waals surface area (Å²) in [6, 6.07) is 5.10. The highest BCUT2D eigenvalue weighted by Crippen LogP contribution is 2.35. The van der Waals surface area contributed by atoms with Crippen molar-refractivity contribution in [2.45, 2.75) is 38.3 Å². The smallest absolute Gasteiger partial charge is 0.381 e. The molecule has 4 rings (SSSR count). The monoisotopic (exact) mass is 420 g/mol. The molecule has 4 heterocycles. The molecule has 160 valence electrons. The molecule has 1 fully saturated rings. The summed E-state index contributed by atoms with van der Waals surface area (Å²) in [5.41, 5.74) is 2.62. The highest BCUT2D eigenvalue weighted by atomic mass is 19.4. The molecule has 0 unspecified atom stereocenters. The average molecular weight is 420 g/mol. The summed E-state index contributed by atoms with van der Waals surface area (Å²) in [5, 5.41) is 7.78. The van der Waals surface area contributed by atoms with Crippen LogP contribution in [0.3, 0.4) is 0 Å². The molecule has 2 aliphatic heterocycles. The van der Waals surface area contributed by atoms with E-state index in [9.17, 15) is 18.0 Å². The molecule has 6 nitrogen and oxygen atoms in total. The number of ketones is 1. The van der Waals surface area contributed by atoms with Gasteiger partial charge in [-0.1, -0.05) is 0 Å². The molecule has 9 heteroatoms. The maximum Gasteiger partial charge on any atom is 0.393 e. The van der Waals surface area contributed by atoms with Crippen LogP contribution in [0.5, 0.6) is 0 Å². The number of hydrogen-bond acceptors (Lipinski definition) is 6. The van der Waals surface area contributed by atoms with Crippen LogP contribution in [-0.4, -0.2) is 53.4 Å². The van der Waals surface area contributed by atoms with Crippen LogP contribution in [-0.2, 0) is 24.0 Å². The van der Waals surface area contributed by atoms with Crippen LogP contribution in [0.1, 0.15) is 40.2 Å². The molecular weight excluding hydrogens is 397 g/mol. The number of Topliss-reactive ketones (excluding diaryl/α,β-unsaturated/α-hetero) is 1. The Labute approximate surface area is 172 Å². The van der Waals surface area contributed by atoms with E-state index in [1.54, 1.807) is 23.1 Å². The predicted molar refractivity (Wildman–Crippen MR) is 104 cm³/mol. The fourth-order valence-electron chi connectivity index (χ4n) is 4.09. The Morgan fingerprint density at radius 1 is 1.27 bits per heavy atom. The number of anilines is 1. The lowest BCUT2D eigenvalue weighted by Crippen LogP contribution is -2.42. The molecule has 0 amide bonds. The fraction of sp³-hybridized carbons (Fsp3) is 0.524. The van der Waals surface area contributed by atoms with Crippen molar-refractivity contribution in [3.05, 3.63) is 46.9 Å². The number of carbonyl (C=O) groups excluding carboxylic acids is 1. The van der Waals surface area contributed by atoms with Crippen molar-refractivity contribution >= 4 is 11.6 Å². The van der Waals surface area contributed by atoms with Crippen LogP contribution in [0.15, 0.2) is 24.4 Å². The van der Waals surface area contributed by atoms with E-state index >= 15 is 0 Å². The third-order valence-electron chi connectivity index (χ3n) is 5.65. The van der Waals surface area contributed by atoms with Crippen molar-refractivity contribution in [1.82, 2.24) is 15.2 Å². The van der Waals surface area contributed by atoms with Crippen LogP contribution in [0.4, 0.5) is 19.0 Å². The first-order chi connectivity index (χ1) is 14.4. The Balaban J connectivity index is 1.67. The largest absolute Gasteiger partial charge is 0.393 e. The van der Waals surface area contributed by atoms with Gasteiger partial charge in [-0.3, -0.25) is 4.79 Å². The second-order valence-corrected chi connectivity index (χ2v) is 7.71. The van der Waals surface area contributed by atoms with Gasteiger partial charge in [-0.05, 0) is 43.0 Å². The number of piperidine rings is 1. The molecule has 0 N–H and O–H groups in total. The quantitative estimate of drug-likeness (QED) is 0.708. The fourth-order valence-corrected chi connectivity index (χ4v) is 4.09. The minimum Gasteiger partial charge on any atom is -0.381 e. The van der Waals surface area contributed by atoms with Gasteiger partial charge in [0.25, 0.3) is 0 Å². The van der Waals surface area contributed by atoms with Crippen LogP contribution in [0.25, 0.3) is 0 Å². The standard InChI is InChI=1S/C21H23F3N4O2/c22-21(23,24)14-3-2-8-28(13-14)20-12-17(16-5-9-30-10-6-18(16)26-20)19(29)11-15-4-1-7-25-27-15/h1,4,7,12,14H,2-3,5-6,8-11,13H2/t14-/m1/s1. The van der Waals surface area contributed by atoms with Gasteiger partial charge >= 0.3 is 6.18 Å². The topological polar surface area (TPSA) is 68.2 Å². The Bertz CT molecular complexity index is 905. The number of rotatable bonds is 4. The van der Waals surface area contributed by atoms with E-state index in [0.717, 1.165) is 11.3 Å². The van der Waals surface area contributed by atoms with E-state index in [2.05, 4.69) is 15.2 Å². The predicted octanol–water partition coefficient (Wildman–Crippen LogP) is 3.19. The summed E-state index contributed by atoms with van der Waals surface area (Å²) in [6.45, 7) is 1.32. The Kier molecular flexibility index (Phi) is 5.99. The molecule has 0 aliphatic carbocycles. The second kappa shape index (κ2) is 8.67. The molecule has 2 aromatic heterocycles. The van der Waals surface area contributed by atoms with Crippen molar-refractivity contribution in [3.63, 3.8) is 0 Å². The highest BCUT2D eigenvalue weighted by Gasteiger charge is 2.42. The van der Waals surface area contributed by atoms with Crippen molar-refractivity contribution in [1.29, 1.82) is 0 Å². The summed E-state index contributed by atoms with van der Waals surface area (Å²) in [4.78, 5) is 19.4. The summed E-state index contributed by atoms with van der Waals surface area (Å²) < 4.78 is 45.4. The normalized spacial score (nSPS) is 19.8. The SMILES string of the molecule is O=C(Cc1cccnn1)c1cc(N2CCC[C@@H](C(F)(F)F)C2)nc2c1CCOCC2. The molecule has 0 radical (unpaired) electrons. The first kappa shape index (κ1) is 20.7. The van der Waals surface area contributed by atoms with E-state index in [0.29, 0.717) is 56.1 Å². The maximum absolute atomic E-state index is 13.3. The van der Waals surface area contributed by atoms with Gasteiger partial charge in [-0.25, -0.2) is 4.98 Å². The number of halogens is 3. The molecule has 0 saturated carbocycles. The second-order valence-electron chi connectivity index (χ2n) is 7.71. The Morgan fingerprint density at radius 3 is 2.87 bits per heavy atom. The first-order valence-electron chi connectivity index (χ1n) is 10.1. The van der Waals surface area contributed by atoms with E-state index < -0.39 is 12.1 Å². The van der Waals surface area contributed by atoms with Gasteiger partial charge in [0.1, 0.15) is 5.82 Å². The zero-order valence-corrected chi connectivity index (χ0v) is 16.5. The Hall–Kier alpha value is -2.55. The van der Waals surface area contributed by atoms with Crippen LogP contribution in [0, 0.1) is 5.92 Å². The molecule has 2 aliphatic rings. The molecular formula is C21H23F3N4O2. The van der Waals surface area contributed by atoms with Gasteiger partial charge in [0.05, 0.1) is 31.2 Å². The van der Waals surface area contributed by atoms with Gasteiger partial charge in [-0.15, -0.1) is 0 Å². The van der Waals surface area contributed by atoms with Gasteiger partial charge < -0.3 is 9.64 Å². The number of fused-ring (bicyclic) bond motifs is 1. The number of aromatic nitrogens is 3. The molecule has 1 saturated heterocycles. The zero-order chi connectivity index (χ0) is 21.1. The van der Waals surface area contributed by atoms with Crippen LogP contribution < -0.4 is 4.90 Å². The van der Waals surface area contributed by atoms with E-state index in [4.69, 9.17) is 4.74 Å². The third kappa shape index (κ3) is 4.61. The molecule has 1 atom stereocenters. The molecule has 2 aromatic rings. The minimum absolute atomic E-state index is 0.0791. The number of pyridine rings is 1. The third-order valence-corrected chi connectivity index (χ3v) is 5.65. The van der Waals surface area contributed by atoms with Crippen molar-refractivity contribution in [3.8, 4) is 0 Å². The maximum atomic E-state index is 13.3.